The van der Waals surface area contributed by atoms with Gasteiger partial charge in [0.25, 0.3) is 0 Å². The van der Waals surface area contributed by atoms with E-state index in [4.69, 9.17) is 14.2 Å². The van der Waals surface area contributed by atoms with Gasteiger partial charge >= 0.3 is 17.9 Å². The van der Waals surface area contributed by atoms with E-state index in [1.807, 2.05) is 0 Å². The van der Waals surface area contributed by atoms with Gasteiger partial charge in [-0.1, -0.05) is 228 Å². The molecule has 0 aromatic rings. The van der Waals surface area contributed by atoms with Crippen LogP contribution in [-0.2, 0) is 28.6 Å². The Labute approximate surface area is 407 Å². The monoisotopic (exact) mass is 919 g/mol. The summed E-state index contributed by atoms with van der Waals surface area (Å²) < 4.78 is 16.7. The maximum Gasteiger partial charge on any atom is 0.306 e. The lowest BCUT2D eigenvalue weighted by molar-refractivity contribution is -0.167. The molecule has 0 aromatic carbocycles. The first kappa shape index (κ1) is 62.6. The average Bonchev–Trinajstić information content (AvgIpc) is 3.31. The van der Waals surface area contributed by atoms with E-state index in [9.17, 15) is 14.4 Å². The molecule has 0 aliphatic rings. The van der Waals surface area contributed by atoms with Crippen LogP contribution in [0.25, 0.3) is 0 Å². The fraction of sp³-hybridized carbons (Fsp3) is 0.717. The van der Waals surface area contributed by atoms with Crippen LogP contribution in [0.15, 0.2) is 85.1 Å². The predicted molar refractivity (Wildman–Crippen MR) is 284 cm³/mol. The Morgan fingerprint density at radius 1 is 0.318 bits per heavy atom. The van der Waals surface area contributed by atoms with Gasteiger partial charge in [-0.15, -0.1) is 0 Å². The minimum Gasteiger partial charge on any atom is -0.462 e. The van der Waals surface area contributed by atoms with E-state index in [2.05, 4.69) is 106 Å². The predicted octanol–water partition coefficient (Wildman–Crippen LogP) is 18.4. The molecule has 0 heterocycles. The van der Waals surface area contributed by atoms with E-state index in [1.165, 1.54) is 122 Å². The van der Waals surface area contributed by atoms with Crippen molar-refractivity contribution in [3.63, 3.8) is 0 Å². The highest BCUT2D eigenvalue weighted by Gasteiger charge is 2.19. The van der Waals surface area contributed by atoms with Crippen molar-refractivity contribution in [2.45, 2.75) is 264 Å². The SMILES string of the molecule is CC/C=C\C/C=C\C/C=C\C/C=C\CCCCC(=O)OC(COC(=O)CCCCCCCC)COC(=O)CCCCCCCCCCCCCC/C=C\C/C=C\C/C=C\CCCCCCC. The lowest BCUT2D eigenvalue weighted by Crippen LogP contribution is -2.30. The molecule has 0 saturated heterocycles. The van der Waals surface area contributed by atoms with Crippen LogP contribution in [0.1, 0.15) is 258 Å². The van der Waals surface area contributed by atoms with E-state index < -0.39 is 6.10 Å². The van der Waals surface area contributed by atoms with E-state index in [-0.39, 0.29) is 37.5 Å². The van der Waals surface area contributed by atoms with Crippen LogP contribution in [-0.4, -0.2) is 37.2 Å². The summed E-state index contributed by atoms with van der Waals surface area (Å²) in [4.78, 5) is 37.8. The zero-order valence-corrected chi connectivity index (χ0v) is 43.2. The number of ether oxygens (including phenoxy) is 3. The van der Waals surface area contributed by atoms with E-state index in [0.29, 0.717) is 19.3 Å². The minimum absolute atomic E-state index is 0.0937. The zero-order chi connectivity index (χ0) is 47.9. The summed E-state index contributed by atoms with van der Waals surface area (Å²) >= 11 is 0. The van der Waals surface area contributed by atoms with Gasteiger partial charge in [-0.25, -0.2) is 0 Å². The van der Waals surface area contributed by atoms with Crippen molar-refractivity contribution in [3.8, 4) is 0 Å². The Bertz CT molecular complexity index is 1290. The summed E-state index contributed by atoms with van der Waals surface area (Å²) in [5.74, 6) is -0.947. The lowest BCUT2D eigenvalue weighted by atomic mass is 10.0. The number of esters is 3. The van der Waals surface area contributed by atoms with Crippen LogP contribution in [0.2, 0.25) is 0 Å². The van der Waals surface area contributed by atoms with Crippen LogP contribution in [0, 0.1) is 0 Å². The Morgan fingerprint density at radius 2 is 0.591 bits per heavy atom. The number of hydrogen-bond acceptors (Lipinski definition) is 6. The van der Waals surface area contributed by atoms with Gasteiger partial charge in [-0.05, 0) is 96.3 Å². The first-order valence-corrected chi connectivity index (χ1v) is 27.6. The highest BCUT2D eigenvalue weighted by Crippen LogP contribution is 2.15. The molecule has 66 heavy (non-hydrogen) atoms. The Kier molecular flexibility index (Phi) is 51.4. The van der Waals surface area contributed by atoms with Crippen molar-refractivity contribution in [1.82, 2.24) is 0 Å². The molecule has 0 fully saturated rings. The van der Waals surface area contributed by atoms with Crippen LogP contribution in [0.5, 0.6) is 0 Å². The molecule has 0 aliphatic carbocycles. The molecular weight excluding hydrogens is 817 g/mol. The fourth-order valence-electron chi connectivity index (χ4n) is 7.50. The van der Waals surface area contributed by atoms with Gasteiger partial charge in [0.1, 0.15) is 13.2 Å². The smallest absolute Gasteiger partial charge is 0.306 e. The molecule has 0 aliphatic heterocycles. The van der Waals surface area contributed by atoms with Crippen LogP contribution >= 0.6 is 0 Å². The maximum atomic E-state index is 12.7. The number of carbonyl (C=O) groups is 3. The van der Waals surface area contributed by atoms with Crippen molar-refractivity contribution in [1.29, 1.82) is 0 Å². The Hall–Kier alpha value is -3.41. The molecule has 6 heteroatoms. The fourth-order valence-corrected chi connectivity index (χ4v) is 7.50. The Morgan fingerprint density at radius 3 is 0.955 bits per heavy atom. The normalized spacial score (nSPS) is 12.7. The van der Waals surface area contributed by atoms with E-state index in [0.717, 1.165) is 89.9 Å². The number of hydrogen-bond donors (Lipinski definition) is 0. The average molecular weight is 919 g/mol. The molecule has 0 radical (unpaired) electrons. The van der Waals surface area contributed by atoms with Gasteiger partial charge in [-0.3, -0.25) is 14.4 Å². The van der Waals surface area contributed by atoms with Gasteiger partial charge in [0, 0.05) is 19.3 Å². The first-order chi connectivity index (χ1) is 32.5. The lowest BCUT2D eigenvalue weighted by Gasteiger charge is -2.18. The molecule has 1 atom stereocenters. The van der Waals surface area contributed by atoms with Gasteiger partial charge in [-0.2, -0.15) is 0 Å². The molecule has 1 unspecified atom stereocenters. The summed E-state index contributed by atoms with van der Waals surface area (Å²) in [6.07, 6.45) is 70.4. The second-order valence-corrected chi connectivity index (χ2v) is 18.1. The van der Waals surface area contributed by atoms with Gasteiger partial charge in [0.15, 0.2) is 6.10 Å². The molecule has 6 nitrogen and oxygen atoms in total. The van der Waals surface area contributed by atoms with Crippen molar-refractivity contribution >= 4 is 17.9 Å². The topological polar surface area (TPSA) is 78.9 Å². The zero-order valence-electron chi connectivity index (χ0n) is 43.2. The summed E-state index contributed by atoms with van der Waals surface area (Å²) in [6, 6.07) is 0. The van der Waals surface area contributed by atoms with E-state index >= 15 is 0 Å². The first-order valence-electron chi connectivity index (χ1n) is 27.6. The molecule has 0 saturated carbocycles. The second-order valence-electron chi connectivity index (χ2n) is 18.1. The van der Waals surface area contributed by atoms with Crippen LogP contribution < -0.4 is 0 Å². The molecule has 0 N–H and O–H groups in total. The minimum atomic E-state index is -0.795. The number of unbranched alkanes of at least 4 members (excludes halogenated alkanes) is 24. The maximum absolute atomic E-state index is 12.7. The molecule has 0 aromatic heterocycles. The summed E-state index contributed by atoms with van der Waals surface area (Å²) in [5.41, 5.74) is 0. The highest BCUT2D eigenvalue weighted by atomic mass is 16.6. The number of allylic oxidation sites excluding steroid dienone is 14. The molecule has 378 valence electrons. The largest absolute Gasteiger partial charge is 0.462 e. The third-order valence-electron chi connectivity index (χ3n) is 11.6. The standard InChI is InChI=1S/C60H102O6/c1-4-7-10-13-16-18-20-22-24-25-26-27-28-29-30-31-32-33-34-35-37-38-40-42-44-47-50-53-59(62)65-56-57(55-64-58(61)52-49-46-15-12-9-6-3)66-60(63)54-51-48-45-43-41-39-36-23-21-19-17-14-11-8-5-2/h8,11,17,19-20,22-23,25-26,28-29,36,41,43,57H,4-7,9-10,12-16,18,21,24,27,30-35,37-40,42,44-56H2,1-3H3/b11-8-,19-17-,22-20-,26-25-,29-28-,36-23-,43-41-. The van der Waals surface area contributed by atoms with Crippen LogP contribution in [0.4, 0.5) is 0 Å². The van der Waals surface area contributed by atoms with Crippen molar-refractivity contribution < 1.29 is 28.6 Å². The quantitative estimate of drug-likeness (QED) is 0.0262. The second kappa shape index (κ2) is 54.2. The van der Waals surface area contributed by atoms with Gasteiger partial charge < -0.3 is 14.2 Å². The highest BCUT2D eigenvalue weighted by molar-refractivity contribution is 5.71. The van der Waals surface area contributed by atoms with E-state index in [1.54, 1.807) is 0 Å². The Balaban J connectivity index is 4.14. The summed E-state index contributed by atoms with van der Waals surface area (Å²) in [5, 5.41) is 0. The third kappa shape index (κ3) is 51.6. The number of rotatable bonds is 49. The molecular formula is C60H102O6. The molecule has 0 spiro atoms. The molecule has 0 amide bonds. The third-order valence-corrected chi connectivity index (χ3v) is 11.6. The van der Waals surface area contributed by atoms with Gasteiger partial charge in [0.05, 0.1) is 0 Å². The molecule has 0 bridgehead atoms. The van der Waals surface area contributed by atoms with Crippen molar-refractivity contribution in [3.05, 3.63) is 85.1 Å². The van der Waals surface area contributed by atoms with Crippen LogP contribution in [0.3, 0.4) is 0 Å². The van der Waals surface area contributed by atoms with Gasteiger partial charge in [0.2, 0.25) is 0 Å². The molecule has 0 rings (SSSR count). The van der Waals surface area contributed by atoms with Crippen molar-refractivity contribution in [2.24, 2.45) is 0 Å². The summed E-state index contributed by atoms with van der Waals surface area (Å²) in [7, 11) is 0. The summed E-state index contributed by atoms with van der Waals surface area (Å²) in [6.45, 7) is 6.41. The van der Waals surface area contributed by atoms with Crippen molar-refractivity contribution in [2.75, 3.05) is 13.2 Å². The number of carbonyl (C=O) groups excluding carboxylic acids is 3.